The van der Waals surface area contributed by atoms with Crippen LogP contribution in [-0.2, 0) is 17.6 Å². The van der Waals surface area contributed by atoms with Gasteiger partial charge in [0.15, 0.2) is 0 Å². The molecule has 0 bridgehead atoms. The molecule has 164 valence electrons. The minimum absolute atomic E-state index is 0.313. The van der Waals surface area contributed by atoms with Gasteiger partial charge in [0.05, 0.1) is 5.39 Å². The Bertz CT molecular complexity index is 898. The second-order valence-corrected chi connectivity index (χ2v) is 10.5. The van der Waals surface area contributed by atoms with Crippen LogP contribution in [0.25, 0.3) is 10.2 Å². The second kappa shape index (κ2) is 9.21. The molecule has 2 aromatic rings. The van der Waals surface area contributed by atoms with Crippen molar-refractivity contribution >= 4 is 33.3 Å². The van der Waals surface area contributed by atoms with Crippen molar-refractivity contribution in [3.63, 3.8) is 0 Å². The number of aryl methyl sites for hydroxylation is 1. The average molecular weight is 429 g/mol. The number of piperazine rings is 1. The van der Waals surface area contributed by atoms with Crippen molar-refractivity contribution in [2.45, 2.75) is 78.6 Å². The molecular formula is C24H36N4OS. The molecule has 2 aliphatic rings. The van der Waals surface area contributed by atoms with Crippen LogP contribution in [0.15, 0.2) is 0 Å². The first-order valence-corrected chi connectivity index (χ1v) is 12.6. The molecule has 3 heterocycles. The summed E-state index contributed by atoms with van der Waals surface area (Å²) in [5.41, 5.74) is 1.50. The molecule has 0 spiro atoms. The summed E-state index contributed by atoms with van der Waals surface area (Å²) in [5, 5.41) is 1.30. The highest BCUT2D eigenvalue weighted by molar-refractivity contribution is 7.19. The van der Waals surface area contributed by atoms with Crippen molar-refractivity contribution in [1.82, 2.24) is 14.9 Å². The van der Waals surface area contributed by atoms with Gasteiger partial charge in [-0.05, 0) is 37.2 Å². The largest absolute Gasteiger partial charge is 0.352 e. The zero-order valence-corrected chi connectivity index (χ0v) is 19.9. The molecule has 1 saturated heterocycles. The van der Waals surface area contributed by atoms with Gasteiger partial charge in [0.1, 0.15) is 16.5 Å². The van der Waals surface area contributed by atoms with Crippen LogP contribution in [0.2, 0.25) is 0 Å². The van der Waals surface area contributed by atoms with E-state index in [1.54, 1.807) is 0 Å². The molecule has 1 aliphatic heterocycles. The number of hydrogen-bond acceptors (Lipinski definition) is 5. The van der Waals surface area contributed by atoms with E-state index in [9.17, 15) is 4.79 Å². The monoisotopic (exact) mass is 428 g/mol. The van der Waals surface area contributed by atoms with E-state index < -0.39 is 0 Å². The van der Waals surface area contributed by atoms with E-state index in [4.69, 9.17) is 9.97 Å². The number of aromatic nitrogens is 2. The Hall–Kier alpha value is -1.69. The number of unbranched alkanes of at least 4 members (excludes halogenated alkanes) is 2. The van der Waals surface area contributed by atoms with Crippen molar-refractivity contribution < 1.29 is 4.79 Å². The highest BCUT2D eigenvalue weighted by Gasteiger charge is 2.28. The third-order valence-electron chi connectivity index (χ3n) is 6.60. The minimum Gasteiger partial charge on any atom is -0.352 e. The Morgan fingerprint density at radius 1 is 1.17 bits per heavy atom. The molecule has 4 rings (SSSR count). The molecule has 1 fully saturated rings. The van der Waals surface area contributed by atoms with E-state index in [1.165, 1.54) is 33.5 Å². The van der Waals surface area contributed by atoms with Gasteiger partial charge in [0, 0.05) is 43.4 Å². The Morgan fingerprint density at radius 3 is 2.63 bits per heavy atom. The fourth-order valence-electron chi connectivity index (χ4n) is 4.68. The first-order chi connectivity index (χ1) is 14.5. The van der Waals surface area contributed by atoms with Gasteiger partial charge in [-0.25, -0.2) is 9.97 Å². The van der Waals surface area contributed by atoms with Crippen LogP contribution in [0, 0.1) is 5.92 Å². The SMILES string of the molecule is CCCCCC(=O)N1CCN(c2nc(C(C)C)nc3sc4c(c23)CCC(C)C4)CC1. The normalized spacial score (nSPS) is 19.6. The van der Waals surface area contributed by atoms with Gasteiger partial charge in [0.25, 0.3) is 0 Å². The van der Waals surface area contributed by atoms with E-state index in [0.29, 0.717) is 18.2 Å². The minimum atomic E-state index is 0.313. The number of fused-ring (bicyclic) bond motifs is 3. The van der Waals surface area contributed by atoms with Gasteiger partial charge in [-0.2, -0.15) is 0 Å². The van der Waals surface area contributed by atoms with Crippen molar-refractivity contribution in [3.05, 3.63) is 16.3 Å². The van der Waals surface area contributed by atoms with Crippen molar-refractivity contribution in [3.8, 4) is 0 Å². The van der Waals surface area contributed by atoms with Crippen LogP contribution < -0.4 is 4.90 Å². The summed E-state index contributed by atoms with van der Waals surface area (Å²) in [6.45, 7) is 12.2. The van der Waals surface area contributed by atoms with E-state index in [1.807, 2.05) is 11.3 Å². The van der Waals surface area contributed by atoms with Gasteiger partial charge in [0.2, 0.25) is 5.91 Å². The molecule has 1 atom stereocenters. The summed E-state index contributed by atoms with van der Waals surface area (Å²) in [6, 6.07) is 0. The number of hydrogen-bond donors (Lipinski definition) is 0. The predicted molar refractivity (Wildman–Crippen MR) is 126 cm³/mol. The molecule has 1 amide bonds. The molecular weight excluding hydrogens is 392 g/mol. The lowest BCUT2D eigenvalue weighted by Crippen LogP contribution is -2.49. The number of anilines is 1. The van der Waals surface area contributed by atoms with Gasteiger partial charge in [-0.3, -0.25) is 4.79 Å². The van der Waals surface area contributed by atoms with E-state index in [2.05, 4.69) is 37.5 Å². The molecule has 0 N–H and O–H groups in total. The topological polar surface area (TPSA) is 49.3 Å². The Morgan fingerprint density at radius 2 is 1.93 bits per heavy atom. The number of nitrogens with zero attached hydrogens (tertiary/aromatic N) is 4. The highest BCUT2D eigenvalue weighted by atomic mass is 32.1. The fraction of sp³-hybridized carbons (Fsp3) is 0.708. The summed E-state index contributed by atoms with van der Waals surface area (Å²) in [5.74, 6) is 3.46. The molecule has 2 aromatic heterocycles. The molecule has 5 nitrogen and oxygen atoms in total. The average Bonchev–Trinajstić information content (AvgIpc) is 3.10. The quantitative estimate of drug-likeness (QED) is 0.596. The van der Waals surface area contributed by atoms with Gasteiger partial charge in [-0.1, -0.05) is 40.5 Å². The van der Waals surface area contributed by atoms with Crippen LogP contribution >= 0.6 is 11.3 Å². The van der Waals surface area contributed by atoms with Crippen LogP contribution in [0.4, 0.5) is 5.82 Å². The molecule has 1 aliphatic carbocycles. The summed E-state index contributed by atoms with van der Waals surface area (Å²) >= 11 is 1.89. The number of amides is 1. The maximum atomic E-state index is 12.5. The Balaban J connectivity index is 1.58. The molecule has 0 saturated carbocycles. The Kier molecular flexibility index (Phi) is 6.61. The third-order valence-corrected chi connectivity index (χ3v) is 7.74. The predicted octanol–water partition coefficient (Wildman–Crippen LogP) is 5.17. The third kappa shape index (κ3) is 4.34. The first-order valence-electron chi connectivity index (χ1n) is 11.8. The molecule has 0 radical (unpaired) electrons. The summed E-state index contributed by atoms with van der Waals surface area (Å²) in [7, 11) is 0. The number of carbonyl (C=O) groups excluding carboxylic acids is 1. The summed E-state index contributed by atoms with van der Waals surface area (Å²) in [6.07, 6.45) is 7.58. The highest BCUT2D eigenvalue weighted by Crippen LogP contribution is 2.41. The van der Waals surface area contributed by atoms with E-state index in [0.717, 1.165) is 69.4 Å². The number of rotatable bonds is 6. The summed E-state index contributed by atoms with van der Waals surface area (Å²) in [4.78, 5) is 29.7. The van der Waals surface area contributed by atoms with E-state index >= 15 is 0 Å². The lowest BCUT2D eigenvalue weighted by molar-refractivity contribution is -0.131. The first kappa shape index (κ1) is 21.5. The maximum absolute atomic E-state index is 12.5. The lowest BCUT2D eigenvalue weighted by Gasteiger charge is -2.36. The van der Waals surface area contributed by atoms with Gasteiger partial charge < -0.3 is 9.80 Å². The van der Waals surface area contributed by atoms with Gasteiger partial charge >= 0.3 is 0 Å². The summed E-state index contributed by atoms with van der Waals surface area (Å²) < 4.78 is 0. The Labute approximate surface area is 184 Å². The lowest BCUT2D eigenvalue weighted by atomic mass is 9.89. The standard InChI is InChI=1S/C24H36N4OS/c1-5-6-7-8-20(29)27-11-13-28(14-12-27)23-21-18-10-9-17(4)15-19(18)30-24(21)26-22(25-23)16(2)3/h16-17H,5-15H2,1-4H3. The van der Waals surface area contributed by atoms with Crippen LogP contribution in [0.3, 0.4) is 0 Å². The van der Waals surface area contributed by atoms with Gasteiger partial charge in [-0.15, -0.1) is 11.3 Å². The number of carbonyl (C=O) groups is 1. The van der Waals surface area contributed by atoms with Crippen molar-refractivity contribution in [2.75, 3.05) is 31.1 Å². The fourth-order valence-corrected chi connectivity index (χ4v) is 6.06. The molecule has 0 aromatic carbocycles. The van der Waals surface area contributed by atoms with Crippen LogP contribution in [0.5, 0.6) is 0 Å². The smallest absolute Gasteiger partial charge is 0.222 e. The molecule has 30 heavy (non-hydrogen) atoms. The zero-order chi connectivity index (χ0) is 21.3. The van der Waals surface area contributed by atoms with Crippen LogP contribution in [0.1, 0.15) is 82.0 Å². The van der Waals surface area contributed by atoms with Crippen molar-refractivity contribution in [2.24, 2.45) is 5.92 Å². The van der Waals surface area contributed by atoms with Crippen molar-refractivity contribution in [1.29, 1.82) is 0 Å². The van der Waals surface area contributed by atoms with E-state index in [-0.39, 0.29) is 0 Å². The maximum Gasteiger partial charge on any atom is 0.222 e. The second-order valence-electron chi connectivity index (χ2n) is 9.42. The number of thiophene rings is 1. The molecule has 6 heteroatoms. The molecule has 1 unspecified atom stereocenters. The zero-order valence-electron chi connectivity index (χ0n) is 19.0. The van der Waals surface area contributed by atoms with Crippen LogP contribution in [-0.4, -0.2) is 47.0 Å².